The summed E-state index contributed by atoms with van der Waals surface area (Å²) in [5.41, 5.74) is 1.46. The fourth-order valence-electron chi connectivity index (χ4n) is 2.22. The normalized spacial score (nSPS) is 11.9. The Morgan fingerprint density at radius 1 is 1.18 bits per heavy atom. The van der Waals surface area contributed by atoms with Crippen molar-refractivity contribution < 1.29 is 18.3 Å². The van der Waals surface area contributed by atoms with Crippen LogP contribution < -0.4 is 10.1 Å². The molecule has 0 aromatic heterocycles. The summed E-state index contributed by atoms with van der Waals surface area (Å²) in [6.07, 6.45) is 0. The summed E-state index contributed by atoms with van der Waals surface area (Å²) in [5.74, 6) is -1.47. The van der Waals surface area contributed by atoms with Crippen LogP contribution in [0.25, 0.3) is 0 Å². The average molecular weight is 305 g/mol. The summed E-state index contributed by atoms with van der Waals surface area (Å²) >= 11 is 0. The van der Waals surface area contributed by atoms with Gasteiger partial charge in [-0.05, 0) is 38.1 Å². The zero-order valence-electron chi connectivity index (χ0n) is 12.6. The Hall–Kier alpha value is -2.43. The molecule has 2 rings (SSSR count). The van der Waals surface area contributed by atoms with Gasteiger partial charge in [-0.3, -0.25) is 4.79 Å². The molecule has 0 radical (unpaired) electrons. The molecule has 1 amide bonds. The van der Waals surface area contributed by atoms with Crippen molar-refractivity contribution in [2.24, 2.45) is 0 Å². The molecule has 0 aliphatic carbocycles. The quantitative estimate of drug-likeness (QED) is 0.933. The summed E-state index contributed by atoms with van der Waals surface area (Å²) in [6.45, 7) is 3.68. The molecule has 0 saturated heterocycles. The van der Waals surface area contributed by atoms with Crippen LogP contribution in [0.2, 0.25) is 0 Å². The smallest absolute Gasteiger partial charge is 0.254 e. The molecule has 1 N–H and O–H groups in total. The van der Waals surface area contributed by atoms with Gasteiger partial charge in [-0.1, -0.05) is 17.7 Å². The van der Waals surface area contributed by atoms with Crippen molar-refractivity contribution in [3.05, 3.63) is 64.7 Å². The molecule has 0 heterocycles. The van der Waals surface area contributed by atoms with Crippen molar-refractivity contribution in [2.45, 2.75) is 19.9 Å². The van der Waals surface area contributed by atoms with Crippen LogP contribution in [0, 0.1) is 18.6 Å². The van der Waals surface area contributed by atoms with Crippen molar-refractivity contribution in [3.8, 4) is 5.75 Å². The Balaban J connectivity index is 2.25. The number of halogens is 2. The molecule has 2 aromatic rings. The molecule has 2 aromatic carbocycles. The Labute approximate surface area is 127 Å². The Kier molecular flexibility index (Phi) is 4.75. The fraction of sp³-hybridized carbons (Fsp3) is 0.235. The zero-order valence-corrected chi connectivity index (χ0v) is 12.6. The molecule has 116 valence electrons. The molecule has 1 atom stereocenters. The van der Waals surface area contributed by atoms with Crippen LogP contribution in [0.3, 0.4) is 0 Å². The number of nitrogens with one attached hydrogen (secondary N) is 1. The molecule has 5 heteroatoms. The van der Waals surface area contributed by atoms with Crippen molar-refractivity contribution in [3.63, 3.8) is 0 Å². The van der Waals surface area contributed by atoms with Gasteiger partial charge in [0.15, 0.2) is 0 Å². The number of amides is 1. The van der Waals surface area contributed by atoms with E-state index in [1.807, 2.05) is 19.1 Å². The minimum Gasteiger partial charge on any atom is -0.496 e. The van der Waals surface area contributed by atoms with Gasteiger partial charge < -0.3 is 10.1 Å². The second-order valence-corrected chi connectivity index (χ2v) is 5.06. The first-order valence-electron chi connectivity index (χ1n) is 6.83. The maximum atomic E-state index is 13.6. The second-order valence-electron chi connectivity index (χ2n) is 5.06. The first-order valence-corrected chi connectivity index (χ1v) is 6.83. The summed E-state index contributed by atoms with van der Waals surface area (Å²) in [6, 6.07) is 7.95. The second kappa shape index (κ2) is 6.56. The van der Waals surface area contributed by atoms with E-state index in [0.717, 1.165) is 29.3 Å². The van der Waals surface area contributed by atoms with Crippen LogP contribution >= 0.6 is 0 Å². The zero-order chi connectivity index (χ0) is 16.3. The van der Waals surface area contributed by atoms with Crippen molar-refractivity contribution >= 4 is 5.91 Å². The SMILES string of the molecule is COc1ccc(C)cc1C(C)NC(=O)c1cc(F)ccc1F. The summed E-state index contributed by atoms with van der Waals surface area (Å²) in [4.78, 5) is 12.1. The summed E-state index contributed by atoms with van der Waals surface area (Å²) < 4.78 is 32.1. The maximum absolute atomic E-state index is 13.6. The largest absolute Gasteiger partial charge is 0.496 e. The van der Waals surface area contributed by atoms with Crippen LogP contribution in [0.5, 0.6) is 5.75 Å². The number of carbonyl (C=O) groups is 1. The van der Waals surface area contributed by atoms with Gasteiger partial charge in [-0.2, -0.15) is 0 Å². The minimum atomic E-state index is -0.762. The van der Waals surface area contributed by atoms with E-state index in [2.05, 4.69) is 5.32 Å². The molecule has 0 bridgehead atoms. The van der Waals surface area contributed by atoms with E-state index < -0.39 is 23.6 Å². The Morgan fingerprint density at radius 2 is 1.91 bits per heavy atom. The third-order valence-corrected chi connectivity index (χ3v) is 3.37. The van der Waals surface area contributed by atoms with Gasteiger partial charge in [-0.25, -0.2) is 8.78 Å². The molecule has 22 heavy (non-hydrogen) atoms. The highest BCUT2D eigenvalue weighted by Crippen LogP contribution is 2.26. The van der Waals surface area contributed by atoms with E-state index in [9.17, 15) is 13.6 Å². The van der Waals surface area contributed by atoms with E-state index in [-0.39, 0.29) is 5.56 Å². The number of aryl methyl sites for hydroxylation is 1. The van der Waals surface area contributed by atoms with Crippen LogP contribution in [0.4, 0.5) is 8.78 Å². The lowest BCUT2D eigenvalue weighted by atomic mass is 10.0. The molecule has 0 fully saturated rings. The van der Waals surface area contributed by atoms with Gasteiger partial charge >= 0.3 is 0 Å². The van der Waals surface area contributed by atoms with Crippen LogP contribution in [0.1, 0.15) is 34.5 Å². The van der Waals surface area contributed by atoms with E-state index in [1.54, 1.807) is 13.0 Å². The van der Waals surface area contributed by atoms with Crippen molar-refractivity contribution in [1.82, 2.24) is 5.32 Å². The van der Waals surface area contributed by atoms with E-state index in [1.165, 1.54) is 7.11 Å². The third kappa shape index (κ3) is 3.42. The molecule has 0 spiro atoms. The molecule has 3 nitrogen and oxygen atoms in total. The number of hydrogen-bond acceptors (Lipinski definition) is 2. The highest BCUT2D eigenvalue weighted by atomic mass is 19.1. The first kappa shape index (κ1) is 15.9. The highest BCUT2D eigenvalue weighted by Gasteiger charge is 2.18. The van der Waals surface area contributed by atoms with Gasteiger partial charge in [0.05, 0.1) is 18.7 Å². The maximum Gasteiger partial charge on any atom is 0.254 e. The topological polar surface area (TPSA) is 38.3 Å². The lowest BCUT2D eigenvalue weighted by Gasteiger charge is -2.18. The Morgan fingerprint density at radius 3 is 2.59 bits per heavy atom. The van der Waals surface area contributed by atoms with E-state index in [0.29, 0.717) is 5.75 Å². The molecule has 0 saturated carbocycles. The number of methoxy groups -OCH3 is 1. The number of carbonyl (C=O) groups excluding carboxylic acids is 1. The average Bonchev–Trinajstić information content (AvgIpc) is 2.49. The minimum absolute atomic E-state index is 0.321. The number of hydrogen-bond donors (Lipinski definition) is 1. The van der Waals surface area contributed by atoms with E-state index in [4.69, 9.17) is 4.74 Å². The monoisotopic (exact) mass is 305 g/mol. The van der Waals surface area contributed by atoms with Gasteiger partial charge in [0.2, 0.25) is 0 Å². The highest BCUT2D eigenvalue weighted by molar-refractivity contribution is 5.94. The van der Waals surface area contributed by atoms with E-state index >= 15 is 0 Å². The van der Waals surface area contributed by atoms with Crippen LogP contribution in [-0.4, -0.2) is 13.0 Å². The molecular weight excluding hydrogens is 288 g/mol. The summed E-state index contributed by atoms with van der Waals surface area (Å²) in [5, 5.41) is 2.66. The molecule has 0 aliphatic heterocycles. The fourth-order valence-corrected chi connectivity index (χ4v) is 2.22. The predicted octanol–water partition coefficient (Wildman–Crippen LogP) is 3.77. The predicted molar refractivity (Wildman–Crippen MR) is 80.0 cm³/mol. The molecule has 1 unspecified atom stereocenters. The van der Waals surface area contributed by atoms with Gasteiger partial charge in [-0.15, -0.1) is 0 Å². The van der Waals surface area contributed by atoms with Crippen LogP contribution in [0.15, 0.2) is 36.4 Å². The molecular formula is C17H17F2NO2. The molecule has 0 aliphatic rings. The number of rotatable bonds is 4. The van der Waals surface area contributed by atoms with Crippen LogP contribution in [-0.2, 0) is 0 Å². The van der Waals surface area contributed by atoms with Crippen molar-refractivity contribution in [2.75, 3.05) is 7.11 Å². The summed E-state index contributed by atoms with van der Waals surface area (Å²) in [7, 11) is 1.54. The lowest BCUT2D eigenvalue weighted by molar-refractivity contribution is 0.0935. The van der Waals surface area contributed by atoms with Crippen molar-refractivity contribution in [1.29, 1.82) is 0 Å². The van der Waals surface area contributed by atoms with Gasteiger partial charge in [0, 0.05) is 5.56 Å². The van der Waals surface area contributed by atoms with Gasteiger partial charge in [0.1, 0.15) is 17.4 Å². The standard InChI is InChI=1S/C17H17F2NO2/c1-10-4-7-16(22-3)13(8-10)11(2)20-17(21)14-9-12(18)5-6-15(14)19/h4-9,11H,1-3H3,(H,20,21). The number of ether oxygens (including phenoxy) is 1. The first-order chi connectivity index (χ1) is 10.4. The lowest BCUT2D eigenvalue weighted by Crippen LogP contribution is -2.28. The third-order valence-electron chi connectivity index (χ3n) is 3.37. The number of benzene rings is 2. The van der Waals surface area contributed by atoms with Gasteiger partial charge in [0.25, 0.3) is 5.91 Å². The Bertz CT molecular complexity index is 701.